The highest BCUT2D eigenvalue weighted by Crippen LogP contribution is 1.88. The highest BCUT2D eigenvalue weighted by atomic mass is 32.1. The molecule has 1 heterocycles. The largest absolute Gasteiger partial charge is 0.264 e. The Labute approximate surface area is 53.4 Å². The first-order valence-corrected chi connectivity index (χ1v) is 2.76. The van der Waals surface area contributed by atoms with Crippen molar-refractivity contribution in [1.82, 2.24) is 4.98 Å². The summed E-state index contributed by atoms with van der Waals surface area (Å²) in [4.78, 5) is 3.86. The molecule has 0 atom stereocenters. The number of thiocarbonyl (C=S) groups is 1. The lowest BCUT2D eigenvalue weighted by molar-refractivity contribution is 1.32. The molecular weight excluding hydrogens is 118 g/mol. The van der Waals surface area contributed by atoms with Crippen LogP contribution >= 0.6 is 12.2 Å². The molecule has 0 bridgehead atoms. The number of aromatic nitrogens is 1. The second kappa shape index (κ2) is 2.52. The summed E-state index contributed by atoms with van der Waals surface area (Å²) in [6.45, 7) is 0. The maximum atomic E-state index is 4.65. The molecule has 0 spiro atoms. The lowest BCUT2D eigenvalue weighted by Crippen LogP contribution is -1.76. The van der Waals surface area contributed by atoms with Gasteiger partial charge in [-0.25, -0.2) is 0 Å². The first-order chi connectivity index (χ1) is 3.93. The lowest BCUT2D eigenvalue weighted by atomic mass is 10.3. The minimum atomic E-state index is 0.988. The van der Waals surface area contributed by atoms with Gasteiger partial charge in [0, 0.05) is 23.3 Å². The predicted octanol–water partition coefficient (Wildman–Crippen LogP) is 1.43. The average molecular weight is 123 g/mol. The highest BCUT2D eigenvalue weighted by molar-refractivity contribution is 7.79. The van der Waals surface area contributed by atoms with Crippen LogP contribution in [0.5, 0.6) is 0 Å². The van der Waals surface area contributed by atoms with Crippen molar-refractivity contribution in [3.63, 3.8) is 0 Å². The number of pyridine rings is 1. The van der Waals surface area contributed by atoms with Gasteiger partial charge in [-0.2, -0.15) is 0 Å². The Morgan fingerprint density at radius 1 is 1.62 bits per heavy atom. The Hall–Kier alpha value is -0.760. The zero-order chi connectivity index (χ0) is 5.82. The molecule has 0 radical (unpaired) electrons. The summed E-state index contributed by atoms with van der Waals surface area (Å²) in [5.41, 5.74) is 0.988. The van der Waals surface area contributed by atoms with E-state index in [0.29, 0.717) is 0 Å². The second-order valence-corrected chi connectivity index (χ2v) is 1.64. The van der Waals surface area contributed by atoms with E-state index in [9.17, 15) is 0 Å². The van der Waals surface area contributed by atoms with Crippen molar-refractivity contribution in [2.75, 3.05) is 0 Å². The van der Waals surface area contributed by atoms with Crippen LogP contribution in [0, 0.1) is 0 Å². The molecule has 8 heavy (non-hydrogen) atoms. The van der Waals surface area contributed by atoms with Gasteiger partial charge in [0.2, 0.25) is 0 Å². The minimum Gasteiger partial charge on any atom is -0.264 e. The van der Waals surface area contributed by atoms with Gasteiger partial charge in [-0.05, 0) is 6.07 Å². The van der Waals surface area contributed by atoms with Gasteiger partial charge in [0.15, 0.2) is 0 Å². The predicted molar refractivity (Wildman–Crippen MR) is 37.0 cm³/mol. The van der Waals surface area contributed by atoms with E-state index < -0.39 is 0 Å². The summed E-state index contributed by atoms with van der Waals surface area (Å²) >= 11 is 4.65. The van der Waals surface area contributed by atoms with Crippen LogP contribution in [0.15, 0.2) is 24.5 Å². The van der Waals surface area contributed by atoms with E-state index in [1.54, 1.807) is 17.8 Å². The molecule has 0 aliphatic carbocycles. The third kappa shape index (κ3) is 1.10. The summed E-state index contributed by atoms with van der Waals surface area (Å²) in [6, 6.07) is 3.78. The maximum absolute atomic E-state index is 4.65. The molecule has 0 saturated carbocycles. The molecule has 1 aromatic heterocycles. The van der Waals surface area contributed by atoms with Crippen molar-refractivity contribution < 1.29 is 0 Å². The quantitative estimate of drug-likeness (QED) is 0.524. The van der Waals surface area contributed by atoms with E-state index in [0.717, 1.165) is 5.56 Å². The Morgan fingerprint density at radius 3 is 2.88 bits per heavy atom. The molecule has 1 aromatic rings. The van der Waals surface area contributed by atoms with Crippen LogP contribution in [0.3, 0.4) is 0 Å². The Balaban J connectivity index is 2.99. The van der Waals surface area contributed by atoms with Gasteiger partial charge in [-0.15, -0.1) is 0 Å². The van der Waals surface area contributed by atoms with Crippen molar-refractivity contribution in [2.24, 2.45) is 0 Å². The van der Waals surface area contributed by atoms with Crippen molar-refractivity contribution in [1.29, 1.82) is 0 Å². The summed E-state index contributed by atoms with van der Waals surface area (Å²) in [6.07, 6.45) is 3.45. The summed E-state index contributed by atoms with van der Waals surface area (Å²) in [5, 5.41) is 1.60. The molecule has 40 valence electrons. The molecule has 0 saturated heterocycles. The molecule has 0 N–H and O–H groups in total. The molecule has 0 unspecified atom stereocenters. The number of hydrogen-bond acceptors (Lipinski definition) is 2. The fraction of sp³-hybridized carbons (Fsp3) is 0. The van der Waals surface area contributed by atoms with E-state index in [1.165, 1.54) is 0 Å². The summed E-state index contributed by atoms with van der Waals surface area (Å²) in [5.74, 6) is 0. The van der Waals surface area contributed by atoms with Crippen LogP contribution in [-0.2, 0) is 0 Å². The topological polar surface area (TPSA) is 12.9 Å². The molecule has 0 aliphatic heterocycles. The Bertz CT molecular complexity index is 171. The zero-order valence-corrected chi connectivity index (χ0v) is 5.06. The van der Waals surface area contributed by atoms with Gasteiger partial charge >= 0.3 is 0 Å². The molecular formula is C6H5NS. The van der Waals surface area contributed by atoms with Crippen molar-refractivity contribution >= 4 is 17.6 Å². The third-order valence-corrected chi connectivity index (χ3v) is 1.09. The van der Waals surface area contributed by atoms with Crippen molar-refractivity contribution in [2.45, 2.75) is 0 Å². The first-order valence-electron chi connectivity index (χ1n) is 2.28. The van der Waals surface area contributed by atoms with Crippen LogP contribution in [0.4, 0.5) is 0 Å². The van der Waals surface area contributed by atoms with E-state index in [1.807, 2.05) is 12.1 Å². The average Bonchev–Trinajstić information content (AvgIpc) is 1.90. The van der Waals surface area contributed by atoms with Crippen molar-refractivity contribution in [3.8, 4) is 0 Å². The molecule has 2 heteroatoms. The van der Waals surface area contributed by atoms with E-state index in [2.05, 4.69) is 17.2 Å². The molecule has 0 fully saturated rings. The Kier molecular flexibility index (Phi) is 1.70. The van der Waals surface area contributed by atoms with Gasteiger partial charge in [0.25, 0.3) is 0 Å². The smallest absolute Gasteiger partial charge is 0.0348 e. The summed E-state index contributed by atoms with van der Waals surface area (Å²) in [7, 11) is 0. The van der Waals surface area contributed by atoms with E-state index in [4.69, 9.17) is 0 Å². The van der Waals surface area contributed by atoms with E-state index in [-0.39, 0.29) is 0 Å². The van der Waals surface area contributed by atoms with Crippen LogP contribution in [0.1, 0.15) is 5.56 Å². The van der Waals surface area contributed by atoms with E-state index >= 15 is 0 Å². The van der Waals surface area contributed by atoms with Crippen LogP contribution in [0.25, 0.3) is 0 Å². The SMILES string of the molecule is S=Cc1cccnc1. The first kappa shape index (κ1) is 5.38. The van der Waals surface area contributed by atoms with Gasteiger partial charge in [-0.3, -0.25) is 4.98 Å². The molecule has 1 rings (SSSR count). The van der Waals surface area contributed by atoms with Gasteiger partial charge < -0.3 is 0 Å². The van der Waals surface area contributed by atoms with Gasteiger partial charge in [0.1, 0.15) is 0 Å². The second-order valence-electron chi connectivity index (χ2n) is 1.40. The highest BCUT2D eigenvalue weighted by Gasteiger charge is 1.78. The number of hydrogen-bond donors (Lipinski definition) is 0. The standard InChI is InChI=1S/C6H5NS/c8-5-6-2-1-3-7-4-6/h1-5H. The van der Waals surface area contributed by atoms with Gasteiger partial charge in [0.05, 0.1) is 0 Å². The van der Waals surface area contributed by atoms with Crippen LogP contribution in [0.2, 0.25) is 0 Å². The monoisotopic (exact) mass is 123 g/mol. The molecule has 0 aliphatic rings. The number of nitrogens with zero attached hydrogens (tertiary/aromatic N) is 1. The third-order valence-electron chi connectivity index (χ3n) is 0.820. The zero-order valence-electron chi connectivity index (χ0n) is 4.24. The fourth-order valence-corrected chi connectivity index (χ4v) is 0.585. The van der Waals surface area contributed by atoms with Crippen molar-refractivity contribution in [3.05, 3.63) is 30.1 Å². The summed E-state index contributed by atoms with van der Waals surface area (Å²) < 4.78 is 0. The minimum absolute atomic E-state index is 0.988. The lowest BCUT2D eigenvalue weighted by Gasteiger charge is -1.83. The number of rotatable bonds is 1. The maximum Gasteiger partial charge on any atom is 0.0348 e. The Morgan fingerprint density at radius 2 is 2.50 bits per heavy atom. The van der Waals surface area contributed by atoms with Crippen LogP contribution < -0.4 is 0 Å². The normalized spacial score (nSPS) is 8.50. The van der Waals surface area contributed by atoms with Crippen LogP contribution in [-0.4, -0.2) is 10.4 Å². The molecule has 0 amide bonds. The molecule has 1 nitrogen and oxygen atoms in total. The fourth-order valence-electron chi connectivity index (χ4n) is 0.446. The molecule has 0 aromatic carbocycles. The van der Waals surface area contributed by atoms with Gasteiger partial charge in [-0.1, -0.05) is 18.3 Å².